The van der Waals surface area contributed by atoms with E-state index in [0.29, 0.717) is 0 Å². The van der Waals surface area contributed by atoms with Crippen molar-refractivity contribution >= 4 is 49.6 Å². The zero-order valence-corrected chi connectivity index (χ0v) is 12.9. The summed E-state index contributed by atoms with van der Waals surface area (Å²) in [7, 11) is 0. The summed E-state index contributed by atoms with van der Waals surface area (Å²) in [5, 5.41) is 7.93. The van der Waals surface area contributed by atoms with Crippen LogP contribution in [0.2, 0.25) is 0 Å². The van der Waals surface area contributed by atoms with Crippen molar-refractivity contribution < 1.29 is 0 Å². The van der Waals surface area contributed by atoms with Crippen molar-refractivity contribution in [3.63, 3.8) is 0 Å². The van der Waals surface area contributed by atoms with Gasteiger partial charge in [0.2, 0.25) is 0 Å². The lowest BCUT2D eigenvalue weighted by Gasteiger charge is -2.21. The van der Waals surface area contributed by atoms with Crippen molar-refractivity contribution in [1.29, 1.82) is 0 Å². The van der Waals surface area contributed by atoms with Gasteiger partial charge in [-0.05, 0) is 27.7 Å². The van der Waals surface area contributed by atoms with Crippen molar-refractivity contribution in [3.05, 3.63) is 0 Å². The molecule has 6 N–H and O–H groups in total. The smallest absolute Gasteiger partial charge is 0.138 e. The number of nitrogens with zero attached hydrogens (tertiary/aromatic N) is 2. The van der Waals surface area contributed by atoms with Crippen molar-refractivity contribution in [2.45, 2.75) is 39.0 Å². The molecule has 0 atom stereocenters. The second-order valence-electron chi connectivity index (χ2n) is 3.61. The minimum absolute atomic E-state index is 0. The first kappa shape index (κ1) is 30.0. The van der Waals surface area contributed by atoms with E-state index in [-0.39, 0.29) is 49.6 Å². The zero-order chi connectivity index (χ0) is 9.83. The topological polar surface area (TPSA) is 101 Å². The third-order valence-electron chi connectivity index (χ3n) is 1.26. The normalized spacial score (nSPS) is 10.6. The Kier molecular flexibility index (Phi) is 22.6. The summed E-state index contributed by atoms with van der Waals surface area (Å²) < 4.78 is 0. The molecule has 104 valence electrons. The molecule has 0 saturated heterocycles. The molecule has 0 bridgehead atoms. The van der Waals surface area contributed by atoms with Gasteiger partial charge in [0.05, 0.1) is 0 Å². The molecule has 16 heavy (non-hydrogen) atoms. The van der Waals surface area contributed by atoms with Crippen LogP contribution in [0.1, 0.15) is 27.7 Å². The third kappa shape index (κ3) is 14.6. The van der Waals surface area contributed by atoms with E-state index in [4.69, 9.17) is 11.7 Å². The Hall–Kier alpha value is 0.600. The standard InChI is InChI=1S/C6H18N6.4ClH/c1-5(2,9-7)11-12-6(3,4)10-8;;;;/h9-10H,7-8H2,1-4H3;4*1H. The highest BCUT2D eigenvalue weighted by atomic mass is 35.5. The predicted octanol–water partition coefficient (Wildman–Crippen LogP) is 1.52. The van der Waals surface area contributed by atoms with Crippen molar-refractivity contribution in [2.24, 2.45) is 21.9 Å². The highest BCUT2D eigenvalue weighted by molar-refractivity contribution is 5.86. The zero-order valence-electron chi connectivity index (χ0n) is 9.68. The fourth-order valence-corrected chi connectivity index (χ4v) is 0.308. The summed E-state index contributed by atoms with van der Waals surface area (Å²) in [6.45, 7) is 7.23. The summed E-state index contributed by atoms with van der Waals surface area (Å²) in [6.07, 6.45) is 0. The Morgan fingerprint density at radius 3 is 1.00 bits per heavy atom. The average molecular weight is 320 g/mol. The van der Waals surface area contributed by atoms with Crippen LogP contribution in [-0.4, -0.2) is 11.3 Å². The molecule has 0 aliphatic carbocycles. The van der Waals surface area contributed by atoms with E-state index in [1.54, 1.807) is 0 Å². The number of halogens is 4. The molecule has 0 aromatic rings. The molecule has 0 aromatic carbocycles. The van der Waals surface area contributed by atoms with Gasteiger partial charge in [0.1, 0.15) is 11.3 Å². The number of hydrogen-bond donors (Lipinski definition) is 4. The second kappa shape index (κ2) is 12.1. The Bertz CT molecular complexity index is 156. The lowest BCUT2D eigenvalue weighted by molar-refractivity contribution is 0.334. The van der Waals surface area contributed by atoms with Gasteiger partial charge in [0.25, 0.3) is 0 Å². The van der Waals surface area contributed by atoms with Gasteiger partial charge < -0.3 is 0 Å². The van der Waals surface area contributed by atoms with E-state index in [2.05, 4.69) is 21.1 Å². The molecule has 0 radical (unpaired) electrons. The number of hydrogen-bond acceptors (Lipinski definition) is 6. The van der Waals surface area contributed by atoms with Crippen LogP contribution in [0.4, 0.5) is 0 Å². The Labute approximate surface area is 121 Å². The summed E-state index contributed by atoms with van der Waals surface area (Å²) >= 11 is 0. The van der Waals surface area contributed by atoms with Gasteiger partial charge >= 0.3 is 0 Å². The van der Waals surface area contributed by atoms with Crippen LogP contribution in [0, 0.1) is 0 Å². The van der Waals surface area contributed by atoms with E-state index >= 15 is 0 Å². The molecule has 0 heterocycles. The van der Waals surface area contributed by atoms with Crippen LogP contribution in [-0.2, 0) is 0 Å². The Balaban J connectivity index is -0.000000101. The summed E-state index contributed by atoms with van der Waals surface area (Å²) in [6, 6.07) is 0. The lowest BCUT2D eigenvalue weighted by Crippen LogP contribution is -2.45. The van der Waals surface area contributed by atoms with Gasteiger partial charge in [-0.15, -0.1) is 49.6 Å². The molecule has 0 unspecified atom stereocenters. The molecule has 0 saturated carbocycles. The molecular weight excluding hydrogens is 298 g/mol. The molecule has 6 nitrogen and oxygen atoms in total. The monoisotopic (exact) mass is 318 g/mol. The minimum Gasteiger partial charge on any atom is -0.269 e. The fourth-order valence-electron chi connectivity index (χ4n) is 0.308. The van der Waals surface area contributed by atoms with E-state index in [0.717, 1.165) is 0 Å². The van der Waals surface area contributed by atoms with Gasteiger partial charge in [-0.1, -0.05) is 0 Å². The first-order chi connectivity index (χ1) is 5.33. The maximum Gasteiger partial charge on any atom is 0.138 e. The Morgan fingerprint density at radius 2 is 0.875 bits per heavy atom. The van der Waals surface area contributed by atoms with E-state index in [1.807, 2.05) is 27.7 Å². The second-order valence-corrected chi connectivity index (χ2v) is 3.61. The third-order valence-corrected chi connectivity index (χ3v) is 1.26. The summed E-state index contributed by atoms with van der Waals surface area (Å²) in [4.78, 5) is 0. The largest absolute Gasteiger partial charge is 0.269 e. The van der Waals surface area contributed by atoms with Crippen molar-refractivity contribution in [1.82, 2.24) is 10.9 Å². The SMILES string of the molecule is CC(C)(N=NC(C)(C)NN)NN.Cl.Cl.Cl.Cl. The van der Waals surface area contributed by atoms with Crippen molar-refractivity contribution in [3.8, 4) is 0 Å². The van der Waals surface area contributed by atoms with E-state index in [9.17, 15) is 0 Å². The number of nitrogens with one attached hydrogen (secondary N) is 2. The molecule has 0 aliphatic heterocycles. The molecular formula is C6H22Cl4N6. The van der Waals surface area contributed by atoms with Crippen LogP contribution in [0.15, 0.2) is 10.2 Å². The summed E-state index contributed by atoms with van der Waals surface area (Å²) in [5.41, 5.74) is 3.90. The quantitative estimate of drug-likeness (QED) is 0.358. The van der Waals surface area contributed by atoms with Gasteiger partial charge in [-0.2, -0.15) is 10.2 Å². The first-order valence-corrected chi connectivity index (χ1v) is 3.72. The van der Waals surface area contributed by atoms with Gasteiger partial charge in [-0.25, -0.2) is 10.9 Å². The molecule has 0 rings (SSSR count). The maximum atomic E-state index is 5.22. The Morgan fingerprint density at radius 1 is 0.688 bits per heavy atom. The maximum absolute atomic E-state index is 5.22. The lowest BCUT2D eigenvalue weighted by atomic mass is 10.3. The van der Waals surface area contributed by atoms with Gasteiger partial charge in [-0.3, -0.25) is 11.7 Å². The number of hydrazine groups is 2. The van der Waals surface area contributed by atoms with Gasteiger partial charge in [0, 0.05) is 0 Å². The minimum atomic E-state index is -0.561. The highest BCUT2D eigenvalue weighted by Crippen LogP contribution is 2.08. The molecule has 0 aliphatic rings. The first-order valence-electron chi connectivity index (χ1n) is 3.72. The van der Waals surface area contributed by atoms with Crippen molar-refractivity contribution in [2.75, 3.05) is 0 Å². The van der Waals surface area contributed by atoms with Crippen LogP contribution >= 0.6 is 49.6 Å². The molecule has 10 heteroatoms. The molecule has 0 spiro atoms. The van der Waals surface area contributed by atoms with Gasteiger partial charge in [0.15, 0.2) is 0 Å². The fraction of sp³-hybridized carbons (Fsp3) is 1.00. The number of rotatable bonds is 4. The summed E-state index contributed by atoms with van der Waals surface area (Å²) in [5.74, 6) is 10.4. The molecule has 0 fully saturated rings. The molecule has 0 amide bonds. The van der Waals surface area contributed by atoms with Crippen LogP contribution < -0.4 is 22.5 Å². The van der Waals surface area contributed by atoms with Crippen LogP contribution in [0.25, 0.3) is 0 Å². The average Bonchev–Trinajstić information content (AvgIpc) is 2.02. The van der Waals surface area contributed by atoms with Crippen LogP contribution in [0.5, 0.6) is 0 Å². The number of nitrogens with two attached hydrogens (primary N) is 2. The number of azo groups is 1. The van der Waals surface area contributed by atoms with E-state index < -0.39 is 11.3 Å². The van der Waals surface area contributed by atoms with Crippen LogP contribution in [0.3, 0.4) is 0 Å². The predicted molar refractivity (Wildman–Crippen MR) is 76.7 cm³/mol. The molecule has 0 aromatic heterocycles. The highest BCUT2D eigenvalue weighted by Gasteiger charge is 2.17. The van der Waals surface area contributed by atoms with E-state index in [1.165, 1.54) is 0 Å².